The third-order valence-corrected chi connectivity index (χ3v) is 4.57. The van der Waals surface area contributed by atoms with Crippen molar-refractivity contribution in [2.75, 3.05) is 5.32 Å². The van der Waals surface area contributed by atoms with Gasteiger partial charge in [0.1, 0.15) is 5.82 Å². The van der Waals surface area contributed by atoms with Crippen LogP contribution in [0.3, 0.4) is 0 Å². The summed E-state index contributed by atoms with van der Waals surface area (Å²) in [4.78, 5) is 32.9. The predicted molar refractivity (Wildman–Crippen MR) is 92.7 cm³/mol. The van der Waals surface area contributed by atoms with Crippen molar-refractivity contribution < 1.29 is 9.21 Å². The lowest BCUT2D eigenvalue weighted by Gasteiger charge is -2.25. The molecule has 0 fully saturated rings. The van der Waals surface area contributed by atoms with E-state index in [2.05, 4.69) is 15.3 Å². The first-order valence-electron chi connectivity index (χ1n) is 8.20. The van der Waals surface area contributed by atoms with E-state index < -0.39 is 5.76 Å². The molecule has 3 heterocycles. The van der Waals surface area contributed by atoms with Gasteiger partial charge in [0.25, 0.3) is 0 Å². The molecule has 25 heavy (non-hydrogen) atoms. The monoisotopic (exact) mass is 338 g/mol. The maximum absolute atomic E-state index is 12.2. The quantitative estimate of drug-likeness (QED) is 0.775. The molecule has 0 saturated carbocycles. The number of nitrogens with zero attached hydrogens (tertiary/aromatic N) is 3. The fourth-order valence-corrected chi connectivity index (χ4v) is 3.21. The molecule has 3 aromatic rings. The molecule has 1 atom stereocenters. The second kappa shape index (κ2) is 5.54. The lowest BCUT2D eigenvalue weighted by molar-refractivity contribution is -0.116. The van der Waals surface area contributed by atoms with Gasteiger partial charge in [-0.05, 0) is 23.8 Å². The number of hydrogen-bond donors (Lipinski definition) is 1. The molecule has 0 aliphatic carbocycles. The maximum Gasteiger partial charge on any atom is 0.419 e. The van der Waals surface area contributed by atoms with Gasteiger partial charge < -0.3 is 9.73 Å². The Morgan fingerprint density at radius 2 is 2.12 bits per heavy atom. The fourth-order valence-electron chi connectivity index (χ4n) is 3.21. The van der Waals surface area contributed by atoms with E-state index in [0.29, 0.717) is 23.2 Å². The van der Waals surface area contributed by atoms with Crippen LogP contribution in [0.1, 0.15) is 49.2 Å². The van der Waals surface area contributed by atoms with E-state index in [4.69, 9.17) is 4.42 Å². The summed E-state index contributed by atoms with van der Waals surface area (Å²) in [5, 5.41) is 2.89. The van der Waals surface area contributed by atoms with Crippen molar-refractivity contribution in [2.45, 2.75) is 32.1 Å². The SMILES string of the molecule is CC(C)c1nccc(C2CC(=O)Nc3cc4c(cc32)oc(=O)n4C)n1. The first kappa shape index (κ1) is 15.6. The molecule has 7 heteroatoms. The van der Waals surface area contributed by atoms with Crippen LogP contribution >= 0.6 is 0 Å². The highest BCUT2D eigenvalue weighted by Crippen LogP contribution is 2.38. The number of rotatable bonds is 2. The number of fused-ring (bicyclic) bond motifs is 2. The summed E-state index contributed by atoms with van der Waals surface area (Å²) in [6.07, 6.45) is 2.02. The van der Waals surface area contributed by atoms with E-state index >= 15 is 0 Å². The lowest BCUT2D eigenvalue weighted by atomic mass is 9.87. The topological polar surface area (TPSA) is 90.0 Å². The van der Waals surface area contributed by atoms with Crippen molar-refractivity contribution in [3.8, 4) is 0 Å². The van der Waals surface area contributed by atoms with Crippen molar-refractivity contribution >= 4 is 22.7 Å². The van der Waals surface area contributed by atoms with Gasteiger partial charge in [-0.1, -0.05) is 13.8 Å². The Morgan fingerprint density at radius 1 is 1.32 bits per heavy atom. The zero-order valence-corrected chi connectivity index (χ0v) is 14.2. The van der Waals surface area contributed by atoms with Gasteiger partial charge in [-0.3, -0.25) is 9.36 Å². The van der Waals surface area contributed by atoms with Crippen LogP contribution in [-0.2, 0) is 11.8 Å². The normalized spacial score (nSPS) is 17.0. The van der Waals surface area contributed by atoms with Gasteiger partial charge in [0.15, 0.2) is 5.58 Å². The van der Waals surface area contributed by atoms with Crippen molar-refractivity contribution in [1.29, 1.82) is 0 Å². The average molecular weight is 338 g/mol. The highest BCUT2D eigenvalue weighted by Gasteiger charge is 2.29. The summed E-state index contributed by atoms with van der Waals surface area (Å²) in [6.45, 7) is 4.06. The third-order valence-electron chi connectivity index (χ3n) is 4.57. The van der Waals surface area contributed by atoms with Crippen LogP contribution < -0.4 is 11.1 Å². The van der Waals surface area contributed by atoms with Gasteiger partial charge in [0.05, 0.1) is 11.2 Å². The van der Waals surface area contributed by atoms with E-state index in [1.54, 1.807) is 19.3 Å². The number of carbonyl (C=O) groups excluding carboxylic acids is 1. The number of aromatic nitrogens is 3. The summed E-state index contributed by atoms with van der Waals surface area (Å²) < 4.78 is 6.72. The smallest absolute Gasteiger partial charge is 0.408 e. The van der Waals surface area contributed by atoms with Gasteiger partial charge in [-0.2, -0.15) is 0 Å². The third kappa shape index (κ3) is 2.52. The minimum atomic E-state index is -0.427. The first-order chi connectivity index (χ1) is 11.9. The Hall–Kier alpha value is -2.96. The minimum absolute atomic E-state index is 0.0740. The van der Waals surface area contributed by atoms with Crippen molar-refractivity contribution in [1.82, 2.24) is 14.5 Å². The number of oxazole rings is 1. The largest absolute Gasteiger partial charge is 0.419 e. The van der Waals surface area contributed by atoms with E-state index in [0.717, 1.165) is 17.1 Å². The number of anilines is 1. The molecule has 128 valence electrons. The fraction of sp³-hybridized carbons (Fsp3) is 0.333. The van der Waals surface area contributed by atoms with Crippen LogP contribution in [-0.4, -0.2) is 20.4 Å². The molecular weight excluding hydrogens is 320 g/mol. The number of hydrogen-bond acceptors (Lipinski definition) is 5. The molecule has 1 amide bonds. The molecule has 4 rings (SSSR count). The Labute approximate surface area is 143 Å². The molecule has 1 unspecified atom stereocenters. The summed E-state index contributed by atoms with van der Waals surface area (Å²) in [5.74, 6) is 0.252. The van der Waals surface area contributed by atoms with Crippen molar-refractivity contribution in [2.24, 2.45) is 7.05 Å². The molecular formula is C18H18N4O3. The summed E-state index contributed by atoms with van der Waals surface area (Å²) in [6, 6.07) is 5.45. The second-order valence-corrected chi connectivity index (χ2v) is 6.63. The summed E-state index contributed by atoms with van der Waals surface area (Å²) in [5.41, 5.74) is 3.54. The van der Waals surface area contributed by atoms with Gasteiger partial charge in [-0.15, -0.1) is 0 Å². The second-order valence-electron chi connectivity index (χ2n) is 6.63. The molecule has 0 bridgehead atoms. The standard InChI is InChI=1S/C18H18N4O3/c1-9(2)17-19-5-4-12(21-17)11-7-16(23)20-13-8-14-15(6-10(11)13)25-18(24)22(14)3/h4-6,8-9,11H,7H2,1-3H3,(H,20,23). The van der Waals surface area contributed by atoms with E-state index in [1.807, 2.05) is 26.0 Å². The number of aryl methyl sites for hydroxylation is 1. The molecule has 1 aliphatic heterocycles. The van der Waals surface area contributed by atoms with Crippen LogP contribution in [0.15, 0.2) is 33.6 Å². The Balaban J connectivity index is 1.90. The Bertz CT molecular complexity index is 1050. The molecule has 1 aliphatic rings. The molecule has 1 aromatic carbocycles. The Kier molecular flexibility index (Phi) is 3.45. The van der Waals surface area contributed by atoms with Gasteiger partial charge in [0, 0.05) is 37.2 Å². The van der Waals surface area contributed by atoms with Crippen molar-refractivity contribution in [3.05, 3.63) is 52.0 Å². The van der Waals surface area contributed by atoms with Crippen molar-refractivity contribution in [3.63, 3.8) is 0 Å². The minimum Gasteiger partial charge on any atom is -0.408 e. The lowest BCUT2D eigenvalue weighted by Crippen LogP contribution is -2.24. The molecule has 7 nitrogen and oxygen atoms in total. The molecule has 0 saturated heterocycles. The van der Waals surface area contributed by atoms with Gasteiger partial charge >= 0.3 is 5.76 Å². The molecule has 0 spiro atoms. The number of amides is 1. The maximum atomic E-state index is 12.2. The van der Waals surface area contributed by atoms with Crippen LogP contribution in [0.5, 0.6) is 0 Å². The van der Waals surface area contributed by atoms with Crippen LogP contribution in [0.2, 0.25) is 0 Å². The Morgan fingerprint density at radius 3 is 2.88 bits per heavy atom. The number of carbonyl (C=O) groups is 1. The van der Waals surface area contributed by atoms with E-state index in [1.165, 1.54) is 4.57 Å². The summed E-state index contributed by atoms with van der Waals surface area (Å²) >= 11 is 0. The molecule has 2 aromatic heterocycles. The van der Waals surface area contributed by atoms with Crippen LogP contribution in [0, 0.1) is 0 Å². The highest BCUT2D eigenvalue weighted by molar-refractivity contribution is 5.97. The zero-order valence-electron chi connectivity index (χ0n) is 14.2. The van der Waals surface area contributed by atoms with Gasteiger partial charge in [-0.25, -0.2) is 14.8 Å². The van der Waals surface area contributed by atoms with Crippen LogP contribution in [0.25, 0.3) is 11.1 Å². The zero-order chi connectivity index (χ0) is 17.7. The van der Waals surface area contributed by atoms with E-state index in [-0.39, 0.29) is 17.7 Å². The first-order valence-corrected chi connectivity index (χ1v) is 8.20. The molecule has 1 N–H and O–H groups in total. The average Bonchev–Trinajstić information content (AvgIpc) is 2.86. The van der Waals surface area contributed by atoms with E-state index in [9.17, 15) is 9.59 Å². The predicted octanol–water partition coefficient (Wildman–Crippen LogP) is 2.52. The van der Waals surface area contributed by atoms with Gasteiger partial charge in [0.2, 0.25) is 5.91 Å². The summed E-state index contributed by atoms with van der Waals surface area (Å²) in [7, 11) is 1.64. The van der Waals surface area contributed by atoms with Crippen LogP contribution in [0.4, 0.5) is 5.69 Å². The number of benzene rings is 1. The highest BCUT2D eigenvalue weighted by atomic mass is 16.4. The number of nitrogens with one attached hydrogen (secondary N) is 1. The molecule has 0 radical (unpaired) electrons.